The van der Waals surface area contributed by atoms with Gasteiger partial charge < -0.3 is 4.74 Å². The zero-order valence-corrected chi connectivity index (χ0v) is 9.82. The minimum Gasteiger partial charge on any atom is -0.497 e. The summed E-state index contributed by atoms with van der Waals surface area (Å²) in [6, 6.07) is 14.8. The summed E-state index contributed by atoms with van der Waals surface area (Å²) in [6.07, 6.45) is 0.838. The highest BCUT2D eigenvalue weighted by atomic mass is 19.1. The Bertz CT molecular complexity index is 482. The fraction of sp³-hybridized carbons (Fsp3) is 0.143. The molecule has 17 heavy (non-hydrogen) atoms. The van der Waals surface area contributed by atoms with E-state index in [1.807, 2.05) is 36.4 Å². The molecular formula is C14H14BFO. The summed E-state index contributed by atoms with van der Waals surface area (Å²) in [5, 5.41) is 0. The van der Waals surface area contributed by atoms with Crippen molar-refractivity contribution in [3.05, 3.63) is 59.9 Å². The van der Waals surface area contributed by atoms with E-state index in [0.717, 1.165) is 24.8 Å². The SMILES string of the molecule is COc1ccc(CBc2ccccc2F)cc1. The van der Waals surface area contributed by atoms with Crippen LogP contribution in [-0.4, -0.2) is 14.4 Å². The molecule has 2 aromatic rings. The Morgan fingerprint density at radius 2 is 1.76 bits per heavy atom. The molecule has 0 spiro atoms. The highest BCUT2D eigenvalue weighted by Crippen LogP contribution is 2.11. The summed E-state index contributed by atoms with van der Waals surface area (Å²) in [6.45, 7) is 0. The summed E-state index contributed by atoms with van der Waals surface area (Å²) in [5.74, 6) is 0.723. The molecule has 86 valence electrons. The lowest BCUT2D eigenvalue weighted by Gasteiger charge is -2.03. The van der Waals surface area contributed by atoms with Crippen molar-refractivity contribution in [2.45, 2.75) is 6.32 Å². The maximum absolute atomic E-state index is 13.4. The van der Waals surface area contributed by atoms with E-state index in [4.69, 9.17) is 4.74 Å². The fourth-order valence-corrected chi connectivity index (χ4v) is 1.77. The number of hydrogen-bond acceptors (Lipinski definition) is 1. The van der Waals surface area contributed by atoms with Gasteiger partial charge in [0.05, 0.1) is 7.11 Å². The number of methoxy groups -OCH3 is 1. The molecule has 0 aromatic heterocycles. The molecule has 0 saturated heterocycles. The molecule has 0 amide bonds. The monoisotopic (exact) mass is 228 g/mol. The van der Waals surface area contributed by atoms with Gasteiger partial charge >= 0.3 is 0 Å². The van der Waals surface area contributed by atoms with Crippen molar-refractivity contribution in [3.8, 4) is 5.75 Å². The molecular weight excluding hydrogens is 214 g/mol. The van der Waals surface area contributed by atoms with Gasteiger partial charge in [-0.3, -0.25) is 0 Å². The zero-order valence-electron chi connectivity index (χ0n) is 9.82. The van der Waals surface area contributed by atoms with Gasteiger partial charge in [-0.25, -0.2) is 4.39 Å². The van der Waals surface area contributed by atoms with Crippen molar-refractivity contribution in [2.75, 3.05) is 7.11 Å². The molecule has 0 bridgehead atoms. The van der Waals surface area contributed by atoms with Gasteiger partial charge in [0.15, 0.2) is 7.28 Å². The summed E-state index contributed by atoms with van der Waals surface area (Å²) < 4.78 is 18.5. The van der Waals surface area contributed by atoms with Crippen LogP contribution in [0.3, 0.4) is 0 Å². The molecule has 0 heterocycles. The molecule has 0 N–H and O–H groups in total. The lowest BCUT2D eigenvalue weighted by atomic mass is 9.65. The Kier molecular flexibility index (Phi) is 3.81. The zero-order chi connectivity index (χ0) is 12.1. The third kappa shape index (κ3) is 3.10. The van der Waals surface area contributed by atoms with E-state index < -0.39 is 0 Å². The second-order valence-corrected chi connectivity index (χ2v) is 3.94. The lowest BCUT2D eigenvalue weighted by molar-refractivity contribution is 0.414. The van der Waals surface area contributed by atoms with Gasteiger partial charge in [0.2, 0.25) is 0 Å². The van der Waals surface area contributed by atoms with Crippen molar-refractivity contribution in [1.82, 2.24) is 0 Å². The Balaban J connectivity index is 2.00. The van der Waals surface area contributed by atoms with Gasteiger partial charge in [-0.05, 0) is 30.0 Å². The van der Waals surface area contributed by atoms with E-state index in [9.17, 15) is 4.39 Å². The summed E-state index contributed by atoms with van der Waals surface area (Å²) in [5.41, 5.74) is 1.96. The van der Waals surface area contributed by atoms with E-state index in [-0.39, 0.29) is 5.82 Å². The van der Waals surface area contributed by atoms with Crippen LogP contribution in [0.1, 0.15) is 5.56 Å². The minimum atomic E-state index is -0.124. The first-order chi connectivity index (χ1) is 8.29. The molecule has 2 aromatic carbocycles. The van der Waals surface area contributed by atoms with Crippen LogP contribution < -0.4 is 10.2 Å². The average molecular weight is 228 g/mol. The van der Waals surface area contributed by atoms with Crippen LogP contribution in [0, 0.1) is 5.82 Å². The van der Waals surface area contributed by atoms with E-state index in [0.29, 0.717) is 0 Å². The van der Waals surface area contributed by atoms with Gasteiger partial charge in [0.25, 0.3) is 0 Å². The second kappa shape index (κ2) is 5.53. The predicted octanol–water partition coefficient (Wildman–Crippen LogP) is 2.10. The van der Waals surface area contributed by atoms with Crippen LogP contribution in [0.15, 0.2) is 48.5 Å². The third-order valence-corrected chi connectivity index (χ3v) is 2.80. The maximum Gasteiger partial charge on any atom is 0.166 e. The van der Waals surface area contributed by atoms with Crippen molar-refractivity contribution in [1.29, 1.82) is 0 Å². The Hall–Kier alpha value is -1.77. The lowest BCUT2D eigenvalue weighted by Crippen LogP contribution is -2.20. The first kappa shape index (κ1) is 11.7. The largest absolute Gasteiger partial charge is 0.497 e. The van der Waals surface area contributed by atoms with Gasteiger partial charge in [-0.2, -0.15) is 0 Å². The predicted molar refractivity (Wildman–Crippen MR) is 69.9 cm³/mol. The fourth-order valence-electron chi connectivity index (χ4n) is 1.77. The van der Waals surface area contributed by atoms with Gasteiger partial charge in [0.1, 0.15) is 11.6 Å². The quantitative estimate of drug-likeness (QED) is 0.728. The normalized spacial score (nSPS) is 10.0. The first-order valence-electron chi connectivity index (χ1n) is 5.66. The maximum atomic E-state index is 13.4. The van der Waals surface area contributed by atoms with Crippen LogP contribution in [-0.2, 0) is 6.32 Å². The molecule has 0 unspecified atom stereocenters. The van der Waals surface area contributed by atoms with E-state index in [1.165, 1.54) is 11.6 Å². The standard InChI is InChI=1S/C14H14BFO/c1-17-12-8-6-11(7-9-12)10-15-13-4-2-3-5-14(13)16/h2-9,15H,10H2,1H3. The smallest absolute Gasteiger partial charge is 0.166 e. The molecule has 0 aliphatic rings. The molecule has 1 nitrogen and oxygen atoms in total. The summed E-state index contributed by atoms with van der Waals surface area (Å²) >= 11 is 0. The van der Waals surface area contributed by atoms with Crippen molar-refractivity contribution >= 4 is 12.7 Å². The molecule has 0 fully saturated rings. The molecule has 2 rings (SSSR count). The first-order valence-corrected chi connectivity index (χ1v) is 5.66. The Morgan fingerprint density at radius 3 is 2.41 bits per heavy atom. The van der Waals surface area contributed by atoms with E-state index in [1.54, 1.807) is 13.2 Å². The van der Waals surface area contributed by atoms with Crippen LogP contribution in [0.5, 0.6) is 5.75 Å². The number of ether oxygens (including phenoxy) is 1. The van der Waals surface area contributed by atoms with E-state index >= 15 is 0 Å². The number of hydrogen-bond donors (Lipinski definition) is 0. The number of benzene rings is 2. The van der Waals surface area contributed by atoms with Crippen LogP contribution in [0.4, 0.5) is 4.39 Å². The molecule has 0 saturated carbocycles. The molecule has 0 radical (unpaired) electrons. The molecule has 0 aliphatic heterocycles. The summed E-state index contributed by atoms with van der Waals surface area (Å²) in [4.78, 5) is 0. The topological polar surface area (TPSA) is 9.23 Å². The third-order valence-electron chi connectivity index (χ3n) is 2.80. The minimum absolute atomic E-state index is 0.124. The summed E-state index contributed by atoms with van der Waals surface area (Å²) in [7, 11) is 2.37. The average Bonchev–Trinajstić information content (AvgIpc) is 2.38. The molecule has 0 aliphatic carbocycles. The van der Waals surface area contributed by atoms with Gasteiger partial charge in [-0.15, -0.1) is 0 Å². The number of rotatable bonds is 4. The second-order valence-electron chi connectivity index (χ2n) is 3.94. The van der Waals surface area contributed by atoms with Gasteiger partial charge in [0, 0.05) is 0 Å². The van der Waals surface area contributed by atoms with E-state index in [2.05, 4.69) is 0 Å². The van der Waals surface area contributed by atoms with Crippen LogP contribution in [0.2, 0.25) is 0 Å². The van der Waals surface area contributed by atoms with Crippen LogP contribution in [0.25, 0.3) is 0 Å². The van der Waals surface area contributed by atoms with Crippen molar-refractivity contribution in [2.24, 2.45) is 0 Å². The Labute approximate surface area is 101 Å². The highest BCUT2D eigenvalue weighted by Gasteiger charge is 2.03. The highest BCUT2D eigenvalue weighted by molar-refractivity contribution is 6.53. The molecule has 0 atom stereocenters. The van der Waals surface area contributed by atoms with Crippen molar-refractivity contribution < 1.29 is 9.13 Å². The van der Waals surface area contributed by atoms with Gasteiger partial charge in [-0.1, -0.05) is 35.9 Å². The molecule has 3 heteroatoms. The van der Waals surface area contributed by atoms with Crippen LogP contribution >= 0.6 is 0 Å². The van der Waals surface area contributed by atoms with Crippen molar-refractivity contribution in [3.63, 3.8) is 0 Å². The Morgan fingerprint density at radius 1 is 1.06 bits per heavy atom. The number of halogens is 1.